The van der Waals surface area contributed by atoms with Gasteiger partial charge in [-0.2, -0.15) is 0 Å². The van der Waals surface area contributed by atoms with Crippen molar-refractivity contribution in [3.63, 3.8) is 0 Å². The van der Waals surface area contributed by atoms with E-state index >= 15 is 0 Å². The van der Waals surface area contributed by atoms with Crippen LogP contribution in [-0.4, -0.2) is 31.6 Å². The predicted octanol–water partition coefficient (Wildman–Crippen LogP) is 3.13. The van der Waals surface area contributed by atoms with E-state index in [0.717, 1.165) is 5.69 Å². The summed E-state index contributed by atoms with van der Waals surface area (Å²) in [5.74, 6) is 1.57. The first-order valence-corrected chi connectivity index (χ1v) is 11.6. The second kappa shape index (κ2) is 10.1. The molecule has 0 bridgehead atoms. The number of nitrogens with one attached hydrogen (secondary N) is 3. The van der Waals surface area contributed by atoms with Crippen molar-refractivity contribution < 1.29 is 12.9 Å². The summed E-state index contributed by atoms with van der Waals surface area (Å²) < 4.78 is 33.6. The van der Waals surface area contributed by atoms with Crippen molar-refractivity contribution in [2.45, 2.75) is 71.0 Å². The van der Waals surface area contributed by atoms with Crippen LogP contribution in [0, 0.1) is 0 Å². The lowest BCUT2D eigenvalue weighted by molar-refractivity contribution is 0.372. The maximum atomic E-state index is 12.8. The molecule has 1 aromatic heterocycles. The van der Waals surface area contributed by atoms with Gasteiger partial charge in [-0.3, -0.25) is 0 Å². The molecule has 0 fully saturated rings. The molecule has 9 heteroatoms. The first-order valence-electron chi connectivity index (χ1n) is 10.1. The van der Waals surface area contributed by atoms with Crippen molar-refractivity contribution in [2.75, 3.05) is 6.54 Å². The Hall–Kier alpha value is -2.39. The van der Waals surface area contributed by atoms with E-state index < -0.39 is 15.6 Å². The molecule has 0 aliphatic carbocycles. The van der Waals surface area contributed by atoms with Gasteiger partial charge in [0.2, 0.25) is 10.0 Å². The highest BCUT2D eigenvalue weighted by molar-refractivity contribution is 7.89. The number of hydrogen-bond donors (Lipinski definition) is 3. The second-order valence-electron chi connectivity index (χ2n) is 8.38. The van der Waals surface area contributed by atoms with Crippen molar-refractivity contribution in [3.05, 3.63) is 47.3 Å². The van der Waals surface area contributed by atoms with Crippen LogP contribution in [-0.2, 0) is 23.1 Å². The van der Waals surface area contributed by atoms with Crippen LogP contribution >= 0.6 is 0 Å². The van der Waals surface area contributed by atoms with Gasteiger partial charge in [0.05, 0.1) is 23.7 Å². The van der Waals surface area contributed by atoms with Crippen molar-refractivity contribution in [1.82, 2.24) is 20.5 Å². The van der Waals surface area contributed by atoms with Crippen molar-refractivity contribution in [2.24, 2.45) is 4.99 Å². The summed E-state index contributed by atoms with van der Waals surface area (Å²) in [4.78, 5) is 4.78. The fraction of sp³-hybridized carbons (Fsp3) is 0.524. The van der Waals surface area contributed by atoms with Crippen LogP contribution in [0.3, 0.4) is 0 Å². The van der Waals surface area contributed by atoms with Gasteiger partial charge in [0.1, 0.15) is 0 Å². The molecule has 0 unspecified atom stereocenters. The Balaban J connectivity index is 2.16. The number of rotatable bonds is 8. The summed E-state index contributed by atoms with van der Waals surface area (Å²) in [6, 6.07) is 8.81. The predicted molar refractivity (Wildman–Crippen MR) is 119 cm³/mol. The molecule has 30 heavy (non-hydrogen) atoms. The van der Waals surface area contributed by atoms with Crippen molar-refractivity contribution in [3.8, 4) is 0 Å². The fourth-order valence-corrected chi connectivity index (χ4v) is 4.37. The highest BCUT2D eigenvalue weighted by Gasteiger charge is 2.24. The maximum Gasteiger partial charge on any atom is 0.241 e. The zero-order valence-corrected chi connectivity index (χ0v) is 19.4. The molecular formula is C21H33N5O3S. The fourth-order valence-electron chi connectivity index (χ4n) is 2.72. The third-order valence-corrected chi connectivity index (χ3v) is 5.91. The molecule has 2 rings (SSSR count). The average Bonchev–Trinajstić information content (AvgIpc) is 3.12. The van der Waals surface area contributed by atoms with E-state index in [4.69, 9.17) is 4.52 Å². The second-order valence-corrected chi connectivity index (χ2v) is 10.0. The van der Waals surface area contributed by atoms with Gasteiger partial charge in [-0.15, -0.1) is 0 Å². The molecule has 0 aliphatic rings. The van der Waals surface area contributed by atoms with Crippen LogP contribution in [0.2, 0.25) is 0 Å². The Morgan fingerprint density at radius 1 is 1.20 bits per heavy atom. The van der Waals surface area contributed by atoms with Crippen molar-refractivity contribution >= 4 is 16.0 Å². The summed E-state index contributed by atoms with van der Waals surface area (Å²) in [5, 5.41) is 10.4. The number of hydrogen-bond acceptors (Lipinski definition) is 5. The lowest BCUT2D eigenvalue weighted by Gasteiger charge is -2.21. The summed E-state index contributed by atoms with van der Waals surface area (Å²) >= 11 is 0. The minimum atomic E-state index is -3.65. The van der Waals surface area contributed by atoms with E-state index in [1.807, 2.05) is 39.8 Å². The van der Waals surface area contributed by atoms with Gasteiger partial charge in [0.15, 0.2) is 11.7 Å². The average molecular weight is 436 g/mol. The minimum absolute atomic E-state index is 0.213. The van der Waals surface area contributed by atoms with E-state index in [1.54, 1.807) is 18.2 Å². The van der Waals surface area contributed by atoms with Gasteiger partial charge in [-0.25, -0.2) is 18.1 Å². The van der Waals surface area contributed by atoms with Gasteiger partial charge in [0.25, 0.3) is 0 Å². The molecular weight excluding hydrogens is 402 g/mol. The normalized spacial score (nSPS) is 13.0. The number of guanidine groups is 1. The van der Waals surface area contributed by atoms with Gasteiger partial charge >= 0.3 is 0 Å². The quantitative estimate of drug-likeness (QED) is 0.434. The number of sulfonamides is 1. The molecule has 0 radical (unpaired) electrons. The van der Waals surface area contributed by atoms with E-state index in [2.05, 4.69) is 39.4 Å². The van der Waals surface area contributed by atoms with E-state index in [-0.39, 0.29) is 11.4 Å². The number of benzene rings is 1. The zero-order chi connectivity index (χ0) is 22.4. The molecule has 1 heterocycles. The molecule has 166 valence electrons. The highest BCUT2D eigenvalue weighted by Crippen LogP contribution is 2.19. The summed E-state index contributed by atoms with van der Waals surface area (Å²) in [7, 11) is -3.65. The molecule has 0 saturated heterocycles. The number of nitrogens with zero attached hydrogens (tertiary/aromatic N) is 2. The van der Waals surface area contributed by atoms with Gasteiger partial charge in [-0.05, 0) is 45.2 Å². The van der Waals surface area contributed by atoms with E-state index in [9.17, 15) is 8.42 Å². The van der Waals surface area contributed by atoms with Gasteiger partial charge < -0.3 is 15.2 Å². The van der Waals surface area contributed by atoms with Crippen LogP contribution in [0.4, 0.5) is 0 Å². The molecule has 8 nitrogen and oxygen atoms in total. The van der Waals surface area contributed by atoms with Gasteiger partial charge in [0, 0.05) is 18.2 Å². The maximum absolute atomic E-state index is 12.8. The summed E-state index contributed by atoms with van der Waals surface area (Å²) in [5.41, 5.74) is 0.949. The lowest BCUT2D eigenvalue weighted by Crippen LogP contribution is -2.40. The smallest absolute Gasteiger partial charge is 0.241 e. The molecule has 1 aromatic carbocycles. The number of aromatic nitrogens is 1. The minimum Gasteiger partial charge on any atom is -0.359 e. The standard InChI is InChI=1S/C21H33N5O3S/c1-7-22-20(24-14-17-12-18(15(2)3)25-29-17)23-13-16-10-8-9-11-19(16)30(27,28)26-21(4,5)6/h8-12,15,26H,7,13-14H2,1-6H3,(H2,22,23,24). The molecule has 0 atom stereocenters. The molecule has 0 saturated carbocycles. The molecule has 0 amide bonds. The first-order chi connectivity index (χ1) is 14.0. The third-order valence-electron chi connectivity index (χ3n) is 4.05. The molecule has 3 N–H and O–H groups in total. The van der Waals surface area contributed by atoms with Gasteiger partial charge in [-0.1, -0.05) is 37.2 Å². The Bertz CT molecular complexity index is 959. The molecule has 0 aliphatic heterocycles. The monoisotopic (exact) mass is 435 g/mol. The molecule has 0 spiro atoms. The van der Waals surface area contributed by atoms with Crippen LogP contribution in [0.15, 0.2) is 44.7 Å². The van der Waals surface area contributed by atoms with Crippen molar-refractivity contribution in [1.29, 1.82) is 0 Å². The molecule has 2 aromatic rings. The summed E-state index contributed by atoms with van der Waals surface area (Å²) in [6.07, 6.45) is 0. The Morgan fingerprint density at radius 2 is 1.90 bits per heavy atom. The third kappa shape index (κ3) is 7.14. The topological polar surface area (TPSA) is 109 Å². The Kier molecular flexibility index (Phi) is 8.03. The Labute approximate surface area is 179 Å². The summed E-state index contributed by atoms with van der Waals surface area (Å²) in [6.45, 7) is 12.8. The Morgan fingerprint density at radius 3 is 2.50 bits per heavy atom. The number of aliphatic imine (C=N–C) groups is 1. The largest absolute Gasteiger partial charge is 0.359 e. The first kappa shape index (κ1) is 23.9. The van der Waals surface area contributed by atoms with Crippen LogP contribution in [0.25, 0.3) is 0 Å². The highest BCUT2D eigenvalue weighted by atomic mass is 32.2. The van der Waals surface area contributed by atoms with Crippen LogP contribution in [0.5, 0.6) is 0 Å². The van der Waals surface area contributed by atoms with Crippen LogP contribution < -0.4 is 15.4 Å². The van der Waals surface area contributed by atoms with Crippen LogP contribution in [0.1, 0.15) is 64.5 Å². The zero-order valence-electron chi connectivity index (χ0n) is 18.6. The lowest BCUT2D eigenvalue weighted by atomic mass is 10.1. The van der Waals surface area contributed by atoms with E-state index in [0.29, 0.717) is 36.3 Å². The SMILES string of the molecule is CCNC(=NCc1ccccc1S(=O)(=O)NC(C)(C)C)NCc1cc(C(C)C)no1. The van der Waals surface area contributed by atoms with E-state index in [1.165, 1.54) is 0 Å².